The molecule has 2 aromatic carbocycles. The van der Waals surface area contributed by atoms with E-state index < -0.39 is 27.5 Å². The van der Waals surface area contributed by atoms with Crippen molar-refractivity contribution in [1.29, 1.82) is 0 Å². The van der Waals surface area contributed by atoms with Gasteiger partial charge in [-0.15, -0.1) is 0 Å². The Morgan fingerprint density at radius 1 is 1.23 bits per heavy atom. The van der Waals surface area contributed by atoms with Crippen LogP contribution < -0.4 is 0 Å². The number of rotatable bonds is 6. The molecule has 0 fully saturated rings. The molecule has 2 heterocycles. The zero-order chi connectivity index (χ0) is 22.3. The van der Waals surface area contributed by atoms with Gasteiger partial charge in [0.05, 0.1) is 16.9 Å². The van der Waals surface area contributed by atoms with E-state index in [2.05, 4.69) is 9.97 Å². The van der Waals surface area contributed by atoms with Crippen LogP contribution in [0.1, 0.15) is 29.8 Å². The zero-order valence-electron chi connectivity index (χ0n) is 16.8. The summed E-state index contributed by atoms with van der Waals surface area (Å²) in [6, 6.07) is 12.1. The van der Waals surface area contributed by atoms with E-state index in [1.165, 1.54) is 36.7 Å². The predicted octanol–water partition coefficient (Wildman–Crippen LogP) is 3.88. The molecule has 7 nitrogen and oxygen atoms in total. The number of aliphatic carboxylic acids is 1. The predicted molar refractivity (Wildman–Crippen MR) is 112 cm³/mol. The van der Waals surface area contributed by atoms with Gasteiger partial charge in [0.1, 0.15) is 12.4 Å². The fourth-order valence-corrected chi connectivity index (χ4v) is 5.49. The lowest BCUT2D eigenvalue weighted by Crippen LogP contribution is -2.12. The van der Waals surface area contributed by atoms with E-state index >= 15 is 0 Å². The molecule has 31 heavy (non-hydrogen) atoms. The SMILES string of the molecule is Cc1c(C(C)c2[nH]cnc2S(=O)(=O)c2ccccc2)c2cc(F)ccc2n1CC(=O)O. The number of sulfone groups is 1. The number of carboxylic acid groups (broad SMARTS) is 1. The second-order valence-electron chi connectivity index (χ2n) is 7.30. The van der Waals surface area contributed by atoms with Crippen LogP contribution in [-0.4, -0.2) is 34.0 Å². The van der Waals surface area contributed by atoms with Gasteiger partial charge < -0.3 is 14.7 Å². The van der Waals surface area contributed by atoms with Gasteiger partial charge in [0, 0.05) is 22.5 Å². The highest BCUT2D eigenvalue weighted by molar-refractivity contribution is 7.91. The zero-order valence-corrected chi connectivity index (χ0v) is 17.6. The molecule has 0 radical (unpaired) electrons. The molecule has 0 bridgehead atoms. The van der Waals surface area contributed by atoms with E-state index in [1.54, 1.807) is 36.6 Å². The first-order valence-corrected chi connectivity index (χ1v) is 11.0. The summed E-state index contributed by atoms with van der Waals surface area (Å²) in [5.74, 6) is -2.01. The molecule has 160 valence electrons. The molecule has 4 rings (SSSR count). The molecule has 0 aliphatic rings. The van der Waals surface area contributed by atoms with Crippen molar-refractivity contribution in [3.63, 3.8) is 0 Å². The summed E-state index contributed by atoms with van der Waals surface area (Å²) in [6.07, 6.45) is 1.31. The molecule has 1 unspecified atom stereocenters. The molecule has 0 saturated carbocycles. The third kappa shape index (κ3) is 3.50. The lowest BCUT2D eigenvalue weighted by Gasteiger charge is -2.14. The van der Waals surface area contributed by atoms with Gasteiger partial charge in [-0.1, -0.05) is 25.1 Å². The number of carbonyl (C=O) groups is 1. The number of benzene rings is 2. The lowest BCUT2D eigenvalue weighted by atomic mass is 9.95. The number of hydrogen-bond donors (Lipinski definition) is 2. The maximum atomic E-state index is 14.1. The van der Waals surface area contributed by atoms with Crippen LogP contribution in [0.3, 0.4) is 0 Å². The highest BCUT2D eigenvalue weighted by Gasteiger charge is 2.30. The van der Waals surface area contributed by atoms with Gasteiger partial charge >= 0.3 is 5.97 Å². The standard InChI is InChI=1S/C22H20FN3O4S/c1-13(21-22(25-12-24-21)31(29,30)16-6-4-3-5-7-16)20-14(2)26(11-19(27)28)18-9-8-15(23)10-17(18)20/h3-10,12-13H,11H2,1-2H3,(H,24,25)(H,27,28). The van der Waals surface area contributed by atoms with Crippen molar-refractivity contribution in [2.75, 3.05) is 0 Å². The van der Waals surface area contributed by atoms with Gasteiger partial charge in [0.25, 0.3) is 0 Å². The third-order valence-electron chi connectivity index (χ3n) is 5.43. The Morgan fingerprint density at radius 2 is 1.94 bits per heavy atom. The minimum atomic E-state index is -3.88. The average Bonchev–Trinajstić information content (AvgIpc) is 3.32. The van der Waals surface area contributed by atoms with Gasteiger partial charge in [0.15, 0.2) is 5.03 Å². The normalized spacial score (nSPS) is 12.9. The fraction of sp³-hybridized carbons (Fsp3) is 0.182. The first-order chi connectivity index (χ1) is 14.7. The quantitative estimate of drug-likeness (QED) is 0.472. The number of fused-ring (bicyclic) bond motifs is 1. The molecule has 2 N–H and O–H groups in total. The molecule has 9 heteroatoms. The number of H-pyrrole nitrogens is 1. The maximum Gasteiger partial charge on any atom is 0.323 e. The molecule has 1 atom stereocenters. The minimum Gasteiger partial charge on any atom is -0.480 e. The van der Waals surface area contributed by atoms with Crippen molar-refractivity contribution in [2.45, 2.75) is 36.2 Å². The molecule has 0 aliphatic heterocycles. The van der Waals surface area contributed by atoms with Crippen molar-refractivity contribution in [3.05, 3.63) is 77.6 Å². The maximum absolute atomic E-state index is 14.1. The van der Waals surface area contributed by atoms with E-state index in [-0.39, 0.29) is 16.5 Å². The van der Waals surface area contributed by atoms with Gasteiger partial charge in [-0.3, -0.25) is 4.79 Å². The van der Waals surface area contributed by atoms with Crippen LogP contribution in [-0.2, 0) is 21.2 Å². The second-order valence-corrected chi connectivity index (χ2v) is 9.16. The molecule has 4 aromatic rings. The van der Waals surface area contributed by atoms with Crippen LogP contribution in [0, 0.1) is 12.7 Å². The van der Waals surface area contributed by atoms with E-state index in [1.807, 2.05) is 0 Å². The third-order valence-corrected chi connectivity index (χ3v) is 7.16. The molecule has 0 aliphatic carbocycles. The number of nitrogens with one attached hydrogen (secondary N) is 1. The van der Waals surface area contributed by atoms with Gasteiger partial charge in [0.2, 0.25) is 9.84 Å². The number of halogens is 1. The molecular weight excluding hydrogens is 421 g/mol. The van der Waals surface area contributed by atoms with Gasteiger partial charge in [-0.05, 0) is 42.8 Å². The van der Waals surface area contributed by atoms with E-state index in [4.69, 9.17) is 0 Å². The van der Waals surface area contributed by atoms with Crippen LogP contribution in [0.2, 0.25) is 0 Å². The van der Waals surface area contributed by atoms with Crippen molar-refractivity contribution < 1.29 is 22.7 Å². The van der Waals surface area contributed by atoms with Gasteiger partial charge in [-0.25, -0.2) is 17.8 Å². The highest BCUT2D eigenvalue weighted by Crippen LogP contribution is 2.37. The van der Waals surface area contributed by atoms with Crippen LogP contribution in [0.5, 0.6) is 0 Å². The number of nitrogens with zero attached hydrogens (tertiary/aromatic N) is 2. The fourth-order valence-electron chi connectivity index (χ4n) is 4.04. The number of imidazole rings is 1. The molecule has 0 saturated heterocycles. The van der Waals surface area contributed by atoms with Gasteiger partial charge in [-0.2, -0.15) is 0 Å². The number of carboxylic acids is 1. The van der Waals surface area contributed by atoms with Crippen molar-refractivity contribution in [2.24, 2.45) is 0 Å². The summed E-state index contributed by atoms with van der Waals surface area (Å²) in [5.41, 5.74) is 2.18. The lowest BCUT2D eigenvalue weighted by molar-refractivity contribution is -0.137. The Bertz CT molecular complexity index is 1390. The Morgan fingerprint density at radius 3 is 2.61 bits per heavy atom. The Hall–Kier alpha value is -3.46. The van der Waals surface area contributed by atoms with E-state index in [0.29, 0.717) is 27.9 Å². The average molecular weight is 441 g/mol. The highest BCUT2D eigenvalue weighted by atomic mass is 32.2. The first kappa shape index (κ1) is 20.8. The second kappa shape index (κ2) is 7.66. The van der Waals surface area contributed by atoms with E-state index in [9.17, 15) is 22.7 Å². The number of hydrogen-bond acceptors (Lipinski definition) is 4. The summed E-state index contributed by atoms with van der Waals surface area (Å²) in [6.45, 7) is 3.24. The summed E-state index contributed by atoms with van der Waals surface area (Å²) in [5, 5.41) is 9.75. The van der Waals surface area contributed by atoms with Crippen molar-refractivity contribution in [1.82, 2.24) is 14.5 Å². The summed E-state index contributed by atoms with van der Waals surface area (Å²) in [7, 11) is -3.88. The topological polar surface area (TPSA) is 105 Å². The van der Waals surface area contributed by atoms with Crippen molar-refractivity contribution in [3.8, 4) is 0 Å². The van der Waals surface area contributed by atoms with Crippen LogP contribution in [0.4, 0.5) is 4.39 Å². The molecular formula is C22H20FN3O4S. The minimum absolute atomic E-state index is 0.110. The summed E-state index contributed by atoms with van der Waals surface area (Å²) >= 11 is 0. The molecule has 0 spiro atoms. The Balaban J connectivity index is 1.91. The number of aromatic nitrogens is 3. The van der Waals surface area contributed by atoms with Crippen LogP contribution in [0.25, 0.3) is 10.9 Å². The van der Waals surface area contributed by atoms with Crippen LogP contribution >= 0.6 is 0 Å². The van der Waals surface area contributed by atoms with E-state index in [0.717, 1.165) is 0 Å². The summed E-state index contributed by atoms with van der Waals surface area (Å²) in [4.78, 5) is 18.5. The largest absolute Gasteiger partial charge is 0.480 e. The number of aromatic amines is 1. The van der Waals surface area contributed by atoms with Crippen molar-refractivity contribution >= 4 is 26.7 Å². The Kier molecular flexibility index (Phi) is 5.14. The smallest absolute Gasteiger partial charge is 0.323 e. The first-order valence-electron chi connectivity index (χ1n) is 9.55. The monoisotopic (exact) mass is 441 g/mol. The summed E-state index contributed by atoms with van der Waals surface area (Å²) < 4.78 is 42.0. The molecule has 0 amide bonds. The Labute approximate surface area is 178 Å². The molecule has 2 aromatic heterocycles. The van der Waals surface area contributed by atoms with Crippen LogP contribution in [0.15, 0.2) is 64.8 Å².